The fraction of sp³-hybridized carbons (Fsp3) is 0.304. The number of nitrogens with one attached hydrogen (secondary N) is 2. The zero-order valence-electron chi connectivity index (χ0n) is 18.7. The van der Waals surface area contributed by atoms with E-state index in [1.165, 1.54) is 5.56 Å². The summed E-state index contributed by atoms with van der Waals surface area (Å²) in [4.78, 5) is 26.8. The van der Waals surface area contributed by atoms with Crippen molar-refractivity contribution in [3.63, 3.8) is 0 Å². The van der Waals surface area contributed by atoms with Crippen molar-refractivity contribution < 1.29 is 0 Å². The highest BCUT2D eigenvalue weighted by Gasteiger charge is 2.24. The second kappa shape index (κ2) is 12.1. The van der Waals surface area contributed by atoms with Gasteiger partial charge in [-0.1, -0.05) is 29.3 Å². The van der Waals surface area contributed by atoms with Crippen LogP contribution in [-0.4, -0.2) is 42.7 Å². The Hall–Kier alpha value is -2.36. The van der Waals surface area contributed by atoms with Crippen LogP contribution >= 0.6 is 48.0 Å². The summed E-state index contributed by atoms with van der Waals surface area (Å²) < 4.78 is 1.84. The fourth-order valence-corrected chi connectivity index (χ4v) is 4.56. The van der Waals surface area contributed by atoms with Crippen LogP contribution in [0.2, 0.25) is 10.0 Å². The zero-order valence-corrected chi connectivity index (χ0v) is 21.8. The molecule has 0 amide bonds. The molecule has 5 rings (SSSR count). The maximum Gasteiger partial charge on any atom is 0.278 e. The van der Waals surface area contributed by atoms with Gasteiger partial charge < -0.3 is 5.32 Å². The summed E-state index contributed by atoms with van der Waals surface area (Å²) in [5, 5.41) is 8.65. The molecule has 0 atom stereocenters. The highest BCUT2D eigenvalue weighted by molar-refractivity contribution is 6.42. The number of nitrogens with zero attached hydrogens (tertiary/aromatic N) is 5. The molecule has 186 valence electrons. The molecule has 0 saturated carbocycles. The minimum Gasteiger partial charge on any atom is -0.352 e. The average molecular weight is 557 g/mol. The summed E-state index contributed by atoms with van der Waals surface area (Å²) in [5.74, 6) is 0.394. The summed E-state index contributed by atoms with van der Waals surface area (Å²) >= 11 is 12.0. The van der Waals surface area contributed by atoms with E-state index in [1.54, 1.807) is 18.3 Å². The molecule has 8 nitrogen and oxygen atoms in total. The average Bonchev–Trinajstić information content (AvgIpc) is 3.26. The van der Waals surface area contributed by atoms with E-state index in [2.05, 4.69) is 30.3 Å². The number of pyridine rings is 1. The van der Waals surface area contributed by atoms with Gasteiger partial charge in [0, 0.05) is 38.6 Å². The van der Waals surface area contributed by atoms with E-state index in [4.69, 9.17) is 23.2 Å². The van der Waals surface area contributed by atoms with Crippen molar-refractivity contribution in [2.24, 2.45) is 0 Å². The lowest BCUT2D eigenvalue weighted by Gasteiger charge is -2.32. The van der Waals surface area contributed by atoms with E-state index in [0.29, 0.717) is 33.6 Å². The molecular formula is C23H25Cl4N7O. The number of aromatic nitrogens is 5. The molecule has 4 aromatic rings. The Bertz CT molecular complexity index is 1320. The van der Waals surface area contributed by atoms with Crippen molar-refractivity contribution in [3.05, 3.63) is 80.4 Å². The van der Waals surface area contributed by atoms with Crippen LogP contribution in [0, 0.1) is 0 Å². The molecule has 4 heterocycles. The standard InChI is InChI=1S/C23H23Cl2N7O.2ClH/c24-18-2-1-16(11-19(18)25)12-27-23-29-20-13-28-32(21(20)22(33)30-23)17-5-9-31(10-6-17)14-15-3-7-26-8-4-15;;/h1-4,7-8,11,13,17H,5-6,9-10,12,14H2,(H2,27,29,30,33);2*1H. The van der Waals surface area contributed by atoms with Crippen LogP contribution in [0.15, 0.2) is 53.7 Å². The van der Waals surface area contributed by atoms with Crippen molar-refractivity contribution in [2.45, 2.75) is 32.0 Å². The van der Waals surface area contributed by atoms with Crippen molar-refractivity contribution >= 4 is 65.0 Å². The maximum absolute atomic E-state index is 12.9. The number of hydrogen-bond donors (Lipinski definition) is 2. The molecule has 12 heteroatoms. The first kappa shape index (κ1) is 27.2. The van der Waals surface area contributed by atoms with Crippen molar-refractivity contribution in [1.29, 1.82) is 0 Å². The van der Waals surface area contributed by atoms with Crippen LogP contribution in [0.5, 0.6) is 0 Å². The Kier molecular flexibility index (Phi) is 9.38. The highest BCUT2D eigenvalue weighted by atomic mass is 35.5. The monoisotopic (exact) mass is 555 g/mol. The number of anilines is 1. The third-order valence-electron chi connectivity index (χ3n) is 5.96. The van der Waals surface area contributed by atoms with Gasteiger partial charge in [-0.2, -0.15) is 5.10 Å². The summed E-state index contributed by atoms with van der Waals surface area (Å²) in [6.45, 7) is 3.26. The third kappa shape index (κ3) is 6.26. The van der Waals surface area contributed by atoms with Crippen LogP contribution in [-0.2, 0) is 13.1 Å². The van der Waals surface area contributed by atoms with Crippen LogP contribution in [0.25, 0.3) is 11.0 Å². The fourth-order valence-electron chi connectivity index (χ4n) is 4.23. The number of H-pyrrole nitrogens is 1. The van der Waals surface area contributed by atoms with Gasteiger partial charge in [0.1, 0.15) is 5.52 Å². The Morgan fingerprint density at radius 2 is 1.77 bits per heavy atom. The van der Waals surface area contributed by atoms with Gasteiger partial charge in [-0.25, -0.2) is 4.98 Å². The topological polar surface area (TPSA) is 91.7 Å². The molecule has 0 unspecified atom stereocenters. The van der Waals surface area contributed by atoms with E-state index >= 15 is 0 Å². The van der Waals surface area contributed by atoms with E-state index in [0.717, 1.165) is 38.0 Å². The van der Waals surface area contributed by atoms with Gasteiger partial charge in [-0.3, -0.25) is 24.3 Å². The number of halogens is 4. The van der Waals surface area contributed by atoms with Crippen LogP contribution in [0.4, 0.5) is 5.95 Å². The zero-order chi connectivity index (χ0) is 22.8. The molecule has 1 saturated heterocycles. The quantitative estimate of drug-likeness (QED) is 0.343. The van der Waals surface area contributed by atoms with Crippen molar-refractivity contribution in [3.8, 4) is 0 Å². The van der Waals surface area contributed by atoms with Gasteiger partial charge in [0.2, 0.25) is 5.95 Å². The number of piperidine rings is 1. The smallest absolute Gasteiger partial charge is 0.278 e. The molecule has 0 spiro atoms. The Labute approximate surface area is 224 Å². The number of benzene rings is 1. The molecule has 2 N–H and O–H groups in total. The second-order valence-corrected chi connectivity index (χ2v) is 9.02. The SMILES string of the molecule is Cl.Cl.O=c1[nH]c(NCc2ccc(Cl)c(Cl)c2)nc2cnn(C3CCN(Cc4ccncc4)CC3)c12. The maximum atomic E-state index is 12.9. The lowest BCUT2D eigenvalue weighted by molar-refractivity contribution is 0.175. The predicted octanol–water partition coefficient (Wildman–Crippen LogP) is 5.11. The normalized spacial score (nSPS) is 14.3. The first-order valence-corrected chi connectivity index (χ1v) is 11.6. The van der Waals surface area contributed by atoms with Gasteiger partial charge in [0.05, 0.1) is 22.3 Å². The first-order valence-electron chi connectivity index (χ1n) is 10.8. The number of rotatable bonds is 6. The van der Waals surface area contributed by atoms with Gasteiger partial charge in [0.25, 0.3) is 5.56 Å². The molecule has 35 heavy (non-hydrogen) atoms. The van der Waals surface area contributed by atoms with Crippen molar-refractivity contribution in [1.82, 2.24) is 29.6 Å². The molecule has 1 aromatic carbocycles. The van der Waals surface area contributed by atoms with Gasteiger partial charge in [0.15, 0.2) is 5.52 Å². The number of fused-ring (bicyclic) bond motifs is 1. The van der Waals surface area contributed by atoms with E-state index in [1.807, 2.05) is 35.3 Å². The minimum atomic E-state index is -0.201. The predicted molar refractivity (Wildman–Crippen MR) is 144 cm³/mol. The van der Waals surface area contributed by atoms with Gasteiger partial charge in [-0.05, 0) is 48.2 Å². The molecule has 0 aliphatic carbocycles. The molecule has 1 aliphatic rings. The van der Waals surface area contributed by atoms with Crippen LogP contribution in [0.3, 0.4) is 0 Å². The molecule has 0 bridgehead atoms. The second-order valence-electron chi connectivity index (χ2n) is 8.20. The van der Waals surface area contributed by atoms with Crippen LogP contribution in [0.1, 0.15) is 30.0 Å². The van der Waals surface area contributed by atoms with Gasteiger partial charge >= 0.3 is 0 Å². The number of aromatic amines is 1. The molecule has 0 radical (unpaired) electrons. The summed E-state index contributed by atoms with van der Waals surface area (Å²) in [6.07, 6.45) is 7.17. The Balaban J connectivity index is 0.00000171. The first-order chi connectivity index (χ1) is 16.1. The van der Waals surface area contributed by atoms with Gasteiger partial charge in [-0.15, -0.1) is 24.8 Å². The van der Waals surface area contributed by atoms with E-state index < -0.39 is 0 Å². The Morgan fingerprint density at radius 3 is 2.49 bits per heavy atom. The minimum absolute atomic E-state index is 0. The lowest BCUT2D eigenvalue weighted by Crippen LogP contribution is -2.35. The van der Waals surface area contributed by atoms with E-state index in [9.17, 15) is 4.79 Å². The van der Waals surface area contributed by atoms with E-state index in [-0.39, 0.29) is 36.4 Å². The molecule has 3 aromatic heterocycles. The number of likely N-dealkylation sites (tertiary alicyclic amines) is 1. The third-order valence-corrected chi connectivity index (χ3v) is 6.70. The summed E-state index contributed by atoms with van der Waals surface area (Å²) in [5.41, 5.74) is 3.08. The molecule has 1 aliphatic heterocycles. The summed E-state index contributed by atoms with van der Waals surface area (Å²) in [7, 11) is 0. The Morgan fingerprint density at radius 1 is 1.03 bits per heavy atom. The lowest BCUT2D eigenvalue weighted by atomic mass is 10.0. The van der Waals surface area contributed by atoms with Crippen LogP contribution < -0.4 is 10.9 Å². The number of hydrogen-bond acceptors (Lipinski definition) is 6. The van der Waals surface area contributed by atoms with Crippen molar-refractivity contribution in [2.75, 3.05) is 18.4 Å². The summed E-state index contributed by atoms with van der Waals surface area (Å²) in [6, 6.07) is 9.67. The largest absolute Gasteiger partial charge is 0.352 e. The molecular weight excluding hydrogens is 532 g/mol. The highest BCUT2D eigenvalue weighted by Crippen LogP contribution is 2.26. The molecule has 1 fully saturated rings.